The molecule has 0 aliphatic heterocycles. The van der Waals surface area contributed by atoms with E-state index in [-0.39, 0.29) is 17.6 Å². The van der Waals surface area contributed by atoms with Crippen molar-refractivity contribution in [2.75, 3.05) is 17.7 Å². The van der Waals surface area contributed by atoms with E-state index in [2.05, 4.69) is 58.8 Å². The molecular weight excluding hydrogens is 511 g/mol. The smallest absolute Gasteiger partial charge is 0.350 e. The number of aromatic nitrogens is 2. The fraction of sp³-hybridized carbons (Fsp3) is 0.333. The molecule has 1 amide bonds. The van der Waals surface area contributed by atoms with Crippen LogP contribution < -0.4 is 5.32 Å². The zero-order valence-corrected chi connectivity index (χ0v) is 22.9. The van der Waals surface area contributed by atoms with Gasteiger partial charge in [-0.25, -0.2) is 14.8 Å². The van der Waals surface area contributed by atoms with Crippen molar-refractivity contribution < 1.29 is 14.3 Å². The van der Waals surface area contributed by atoms with Crippen molar-refractivity contribution in [1.82, 2.24) is 9.97 Å². The van der Waals surface area contributed by atoms with Crippen LogP contribution in [0.15, 0.2) is 41.0 Å². The van der Waals surface area contributed by atoms with Crippen molar-refractivity contribution >= 4 is 62.2 Å². The van der Waals surface area contributed by atoms with Gasteiger partial charge in [0.15, 0.2) is 0 Å². The van der Waals surface area contributed by atoms with Gasteiger partial charge in [0.05, 0.1) is 23.4 Å². The van der Waals surface area contributed by atoms with Crippen LogP contribution in [0.3, 0.4) is 0 Å². The lowest BCUT2D eigenvalue weighted by molar-refractivity contribution is -0.113. The number of esters is 1. The summed E-state index contributed by atoms with van der Waals surface area (Å²) >= 11 is 4.42. The number of nitrogens with zero attached hydrogens (tertiary/aromatic N) is 2. The van der Waals surface area contributed by atoms with E-state index in [1.807, 2.05) is 0 Å². The Morgan fingerprint density at radius 2 is 2.03 bits per heavy atom. The van der Waals surface area contributed by atoms with E-state index in [0.717, 1.165) is 51.2 Å². The van der Waals surface area contributed by atoms with Gasteiger partial charge in [-0.05, 0) is 50.2 Å². The Balaban J connectivity index is 1.38. The Morgan fingerprint density at radius 1 is 1.22 bits per heavy atom. The zero-order valence-electron chi connectivity index (χ0n) is 20.4. The first kappa shape index (κ1) is 24.9. The number of fused-ring (bicyclic) bond motifs is 2. The molecule has 0 radical (unpaired) electrons. The fourth-order valence-corrected chi connectivity index (χ4v) is 7.59. The fourth-order valence-electron chi connectivity index (χ4n) is 4.44. The molecule has 3 heterocycles. The van der Waals surface area contributed by atoms with Gasteiger partial charge >= 0.3 is 5.97 Å². The summed E-state index contributed by atoms with van der Waals surface area (Å²) in [4.78, 5) is 37.3. The second-order valence-electron chi connectivity index (χ2n) is 8.99. The Labute approximate surface area is 222 Å². The predicted octanol–water partition coefficient (Wildman–Crippen LogP) is 6.76. The molecular formula is C27H27N3O3S3. The van der Waals surface area contributed by atoms with Gasteiger partial charge in [-0.3, -0.25) is 4.79 Å². The molecule has 1 atom stereocenters. The molecule has 1 aliphatic rings. The number of hydrogen-bond donors (Lipinski definition) is 1. The van der Waals surface area contributed by atoms with Gasteiger partial charge < -0.3 is 10.1 Å². The first-order valence-corrected chi connectivity index (χ1v) is 14.7. The maximum absolute atomic E-state index is 13.1. The molecule has 1 N–H and O–H groups in total. The highest BCUT2D eigenvalue weighted by atomic mass is 32.2. The van der Waals surface area contributed by atoms with Crippen molar-refractivity contribution in [2.24, 2.45) is 5.92 Å². The number of carbonyl (C=O) groups excluding carboxylic acids is 2. The summed E-state index contributed by atoms with van der Waals surface area (Å²) < 4.78 is 5.29. The van der Waals surface area contributed by atoms with E-state index in [9.17, 15) is 9.59 Å². The van der Waals surface area contributed by atoms with Crippen LogP contribution in [0.4, 0.5) is 5.69 Å². The number of hydrogen-bond acceptors (Lipinski definition) is 8. The summed E-state index contributed by atoms with van der Waals surface area (Å²) in [7, 11) is 0. The van der Waals surface area contributed by atoms with Gasteiger partial charge in [0.1, 0.15) is 21.1 Å². The average molecular weight is 538 g/mol. The van der Waals surface area contributed by atoms with E-state index in [1.54, 1.807) is 24.6 Å². The summed E-state index contributed by atoms with van der Waals surface area (Å²) in [6, 6.07) is 8.38. The topological polar surface area (TPSA) is 81.2 Å². The minimum absolute atomic E-state index is 0.163. The van der Waals surface area contributed by atoms with Gasteiger partial charge in [0, 0.05) is 15.8 Å². The number of amides is 1. The Hall–Kier alpha value is -2.75. The summed E-state index contributed by atoms with van der Waals surface area (Å²) in [5, 5.41) is 6.89. The van der Waals surface area contributed by atoms with Crippen molar-refractivity contribution in [2.45, 2.75) is 45.1 Å². The predicted molar refractivity (Wildman–Crippen MR) is 148 cm³/mol. The SMILES string of the molecule is CCOC(=O)c1sc2c(c1NC(=O)CSc1ncnc3scc(-c4ccc(C)cc4)c13)CCC(C)C2. The molecule has 0 saturated heterocycles. The van der Waals surface area contributed by atoms with Crippen LogP contribution >= 0.6 is 34.4 Å². The minimum Gasteiger partial charge on any atom is -0.462 e. The number of benzene rings is 1. The molecule has 0 fully saturated rings. The molecule has 1 unspecified atom stereocenters. The number of aryl methyl sites for hydroxylation is 1. The standard InChI is InChI=1S/C27H27N3O3S3/c1-4-33-27(32)24-23(18-10-7-16(3)11-20(18)36-24)30-21(31)13-35-26-22-19(12-34-25(22)28-14-29-26)17-8-5-15(2)6-9-17/h5-6,8-9,12,14,16H,4,7,10-11,13H2,1-3H3,(H,30,31). The summed E-state index contributed by atoms with van der Waals surface area (Å²) in [5.41, 5.74) is 5.10. The molecule has 3 aromatic heterocycles. The van der Waals surface area contributed by atoms with Crippen LogP contribution in [-0.4, -0.2) is 34.2 Å². The third-order valence-electron chi connectivity index (χ3n) is 6.27. The lowest BCUT2D eigenvalue weighted by Crippen LogP contribution is -2.18. The number of anilines is 1. The van der Waals surface area contributed by atoms with Crippen LogP contribution in [-0.2, 0) is 22.4 Å². The normalized spacial score (nSPS) is 15.0. The first-order valence-electron chi connectivity index (χ1n) is 12.0. The van der Waals surface area contributed by atoms with E-state index in [1.165, 1.54) is 33.5 Å². The number of ether oxygens (including phenoxy) is 1. The molecule has 1 aliphatic carbocycles. The van der Waals surface area contributed by atoms with Crippen LogP contribution in [0, 0.1) is 12.8 Å². The Kier molecular flexibility index (Phi) is 7.41. The van der Waals surface area contributed by atoms with E-state index < -0.39 is 0 Å². The number of thioether (sulfide) groups is 1. The highest BCUT2D eigenvalue weighted by molar-refractivity contribution is 8.00. The van der Waals surface area contributed by atoms with Gasteiger partial charge in [0.25, 0.3) is 0 Å². The van der Waals surface area contributed by atoms with Crippen LogP contribution in [0.2, 0.25) is 0 Å². The van der Waals surface area contributed by atoms with Crippen molar-refractivity contribution in [3.63, 3.8) is 0 Å². The first-order chi connectivity index (χ1) is 17.4. The molecule has 4 aromatic rings. The summed E-state index contributed by atoms with van der Waals surface area (Å²) in [6.45, 7) is 6.38. The number of nitrogens with one attached hydrogen (secondary N) is 1. The Morgan fingerprint density at radius 3 is 2.81 bits per heavy atom. The molecule has 36 heavy (non-hydrogen) atoms. The summed E-state index contributed by atoms with van der Waals surface area (Å²) in [6.07, 6.45) is 4.38. The van der Waals surface area contributed by atoms with Gasteiger partial charge in [0.2, 0.25) is 5.91 Å². The van der Waals surface area contributed by atoms with E-state index in [0.29, 0.717) is 23.1 Å². The van der Waals surface area contributed by atoms with Crippen molar-refractivity contribution in [3.8, 4) is 11.1 Å². The molecule has 5 rings (SSSR count). The van der Waals surface area contributed by atoms with Crippen molar-refractivity contribution in [3.05, 3.63) is 56.9 Å². The molecule has 0 bridgehead atoms. The molecule has 6 nitrogen and oxygen atoms in total. The highest BCUT2D eigenvalue weighted by Crippen LogP contribution is 2.41. The number of thiophene rings is 2. The molecule has 186 valence electrons. The minimum atomic E-state index is -0.369. The Bertz CT molecular complexity index is 1430. The van der Waals surface area contributed by atoms with Gasteiger partial charge in [-0.1, -0.05) is 48.5 Å². The maximum atomic E-state index is 13.1. The number of rotatable bonds is 7. The monoisotopic (exact) mass is 537 g/mol. The third-order valence-corrected chi connectivity index (χ3v) is 9.39. The van der Waals surface area contributed by atoms with E-state index >= 15 is 0 Å². The lowest BCUT2D eigenvalue weighted by atomic mass is 9.89. The van der Waals surface area contributed by atoms with Crippen LogP contribution in [0.5, 0.6) is 0 Å². The molecule has 0 spiro atoms. The zero-order chi connectivity index (χ0) is 25.2. The quantitative estimate of drug-likeness (QED) is 0.159. The van der Waals surface area contributed by atoms with Crippen LogP contribution in [0.1, 0.15) is 45.9 Å². The van der Waals surface area contributed by atoms with Crippen molar-refractivity contribution in [1.29, 1.82) is 0 Å². The molecule has 9 heteroatoms. The van der Waals surface area contributed by atoms with Gasteiger partial charge in [-0.2, -0.15) is 0 Å². The largest absolute Gasteiger partial charge is 0.462 e. The average Bonchev–Trinajstić information content (AvgIpc) is 3.45. The van der Waals surface area contributed by atoms with E-state index in [4.69, 9.17) is 4.74 Å². The third kappa shape index (κ3) is 5.05. The van der Waals surface area contributed by atoms with Crippen LogP contribution in [0.25, 0.3) is 21.3 Å². The lowest BCUT2D eigenvalue weighted by Gasteiger charge is -2.19. The summed E-state index contributed by atoms with van der Waals surface area (Å²) in [5.74, 6) is 0.215. The second-order valence-corrected chi connectivity index (χ2v) is 11.9. The second kappa shape index (κ2) is 10.7. The maximum Gasteiger partial charge on any atom is 0.350 e. The van der Waals surface area contributed by atoms with Gasteiger partial charge in [-0.15, -0.1) is 22.7 Å². The molecule has 1 aromatic carbocycles. The highest BCUT2D eigenvalue weighted by Gasteiger charge is 2.28. The number of carbonyl (C=O) groups is 2. The molecule has 0 saturated carbocycles.